The number of carbonyl (C=O) groups is 2. The van der Waals surface area contributed by atoms with Gasteiger partial charge in [0, 0.05) is 25.6 Å². The molecule has 1 fully saturated rings. The molecule has 0 saturated carbocycles. The third-order valence-electron chi connectivity index (χ3n) is 5.08. The fourth-order valence-corrected chi connectivity index (χ4v) is 3.37. The molecule has 0 aliphatic carbocycles. The molecule has 3 N–H and O–H groups in total. The van der Waals surface area contributed by atoms with Crippen molar-refractivity contribution in [3.8, 4) is 0 Å². The van der Waals surface area contributed by atoms with E-state index in [1.54, 1.807) is 0 Å². The number of nitrogens with two attached hydrogens (primary N) is 1. The van der Waals surface area contributed by atoms with Gasteiger partial charge in [-0.2, -0.15) is 0 Å². The Bertz CT molecular complexity index is 780. The third kappa shape index (κ3) is 5.81. The topological polar surface area (TPSA) is 75.4 Å². The van der Waals surface area contributed by atoms with Crippen LogP contribution in [0.4, 0.5) is 0 Å². The fraction of sp³-hybridized carbons (Fsp3) is 0.364. The first-order valence-corrected chi connectivity index (χ1v) is 9.47. The quantitative estimate of drug-likeness (QED) is 0.781. The van der Waals surface area contributed by atoms with E-state index in [0.717, 1.165) is 24.0 Å². The lowest BCUT2D eigenvalue weighted by atomic mass is 10.0. The number of hydrogen-bond donors (Lipinski definition) is 2. The van der Waals surface area contributed by atoms with Crippen molar-refractivity contribution < 1.29 is 9.59 Å². The summed E-state index contributed by atoms with van der Waals surface area (Å²) in [5, 5.41) is 2.99. The summed E-state index contributed by atoms with van der Waals surface area (Å²) in [5.74, 6) is -0.0547. The van der Waals surface area contributed by atoms with Crippen molar-refractivity contribution >= 4 is 24.2 Å². The van der Waals surface area contributed by atoms with Crippen LogP contribution in [0.3, 0.4) is 0 Å². The van der Waals surface area contributed by atoms with Crippen LogP contribution in [-0.2, 0) is 16.0 Å². The average Bonchev–Trinajstić information content (AvgIpc) is 3.15. The smallest absolute Gasteiger partial charge is 0.241 e. The maximum atomic E-state index is 12.4. The summed E-state index contributed by atoms with van der Waals surface area (Å²) < 4.78 is 0. The number of benzene rings is 2. The zero-order chi connectivity index (χ0) is 19.2. The second kappa shape index (κ2) is 10.2. The third-order valence-corrected chi connectivity index (χ3v) is 5.08. The van der Waals surface area contributed by atoms with Gasteiger partial charge in [-0.25, -0.2) is 0 Å². The Morgan fingerprint density at radius 1 is 1.14 bits per heavy atom. The second-order valence-electron chi connectivity index (χ2n) is 7.21. The molecule has 3 rings (SSSR count). The van der Waals surface area contributed by atoms with Crippen LogP contribution in [0.15, 0.2) is 54.6 Å². The average molecular weight is 402 g/mol. The van der Waals surface area contributed by atoms with E-state index in [1.165, 1.54) is 5.56 Å². The number of halogens is 1. The van der Waals surface area contributed by atoms with Crippen molar-refractivity contribution in [1.29, 1.82) is 0 Å². The molecule has 5 nitrogen and oxygen atoms in total. The van der Waals surface area contributed by atoms with Gasteiger partial charge in [-0.15, -0.1) is 12.4 Å². The van der Waals surface area contributed by atoms with E-state index in [1.807, 2.05) is 66.4 Å². The summed E-state index contributed by atoms with van der Waals surface area (Å²) in [6.45, 7) is 3.23. The summed E-state index contributed by atoms with van der Waals surface area (Å²) >= 11 is 0. The highest BCUT2D eigenvalue weighted by Crippen LogP contribution is 2.15. The van der Waals surface area contributed by atoms with Crippen molar-refractivity contribution in [3.05, 3.63) is 71.3 Å². The normalized spacial score (nSPS) is 16.9. The molecule has 1 heterocycles. The van der Waals surface area contributed by atoms with E-state index in [2.05, 4.69) is 5.32 Å². The number of carbonyl (C=O) groups excluding carboxylic acids is 2. The van der Waals surface area contributed by atoms with E-state index in [-0.39, 0.29) is 30.3 Å². The van der Waals surface area contributed by atoms with Gasteiger partial charge in [0.2, 0.25) is 11.8 Å². The minimum Gasteiger partial charge on any atom is -0.350 e. The molecule has 0 aromatic heterocycles. The Morgan fingerprint density at radius 2 is 1.82 bits per heavy atom. The maximum Gasteiger partial charge on any atom is 0.241 e. The summed E-state index contributed by atoms with van der Waals surface area (Å²) in [5.41, 5.74) is 9.18. The standard InChI is InChI=1S/C22H27N3O2.ClH/c1-16-7-10-18(11-8-16)21(23)22(27)24-19-13-14-25(15-19)20(26)12-9-17-5-3-2-4-6-17;/h2-8,10-11,19,21H,9,12-15,23H2,1H3,(H,24,27);1H. The number of rotatable bonds is 6. The van der Waals surface area contributed by atoms with Crippen LogP contribution in [0.1, 0.15) is 35.6 Å². The van der Waals surface area contributed by atoms with Crippen LogP contribution >= 0.6 is 12.4 Å². The number of nitrogens with zero attached hydrogens (tertiary/aromatic N) is 1. The molecule has 6 heteroatoms. The Morgan fingerprint density at radius 3 is 2.50 bits per heavy atom. The number of nitrogens with one attached hydrogen (secondary N) is 1. The zero-order valence-corrected chi connectivity index (χ0v) is 17.0. The monoisotopic (exact) mass is 401 g/mol. The van der Waals surface area contributed by atoms with Crippen LogP contribution in [0, 0.1) is 6.92 Å². The van der Waals surface area contributed by atoms with Crippen LogP contribution in [-0.4, -0.2) is 35.8 Å². The molecule has 2 unspecified atom stereocenters. The van der Waals surface area contributed by atoms with Gasteiger partial charge < -0.3 is 16.0 Å². The number of aryl methyl sites for hydroxylation is 2. The van der Waals surface area contributed by atoms with Crippen molar-refractivity contribution in [2.45, 2.75) is 38.3 Å². The summed E-state index contributed by atoms with van der Waals surface area (Å²) in [6.07, 6.45) is 2.00. The van der Waals surface area contributed by atoms with E-state index < -0.39 is 6.04 Å². The molecule has 2 amide bonds. The van der Waals surface area contributed by atoms with Gasteiger partial charge in [-0.1, -0.05) is 60.2 Å². The fourth-order valence-electron chi connectivity index (χ4n) is 3.37. The van der Waals surface area contributed by atoms with Crippen molar-refractivity contribution in [1.82, 2.24) is 10.2 Å². The minimum absolute atomic E-state index is 0. The van der Waals surface area contributed by atoms with Gasteiger partial charge >= 0.3 is 0 Å². The molecule has 1 aliphatic rings. The molecule has 2 aromatic carbocycles. The van der Waals surface area contributed by atoms with Crippen molar-refractivity contribution in [2.75, 3.05) is 13.1 Å². The van der Waals surface area contributed by atoms with Gasteiger partial charge in [-0.05, 0) is 30.9 Å². The van der Waals surface area contributed by atoms with Crippen molar-refractivity contribution in [2.24, 2.45) is 5.73 Å². The van der Waals surface area contributed by atoms with Gasteiger partial charge in [0.05, 0.1) is 0 Å². The van der Waals surface area contributed by atoms with E-state index >= 15 is 0 Å². The van der Waals surface area contributed by atoms with Crippen LogP contribution in [0.25, 0.3) is 0 Å². The van der Waals surface area contributed by atoms with Gasteiger partial charge in [0.1, 0.15) is 6.04 Å². The molecule has 1 aliphatic heterocycles. The lowest BCUT2D eigenvalue weighted by Gasteiger charge is -2.19. The molecule has 0 bridgehead atoms. The van der Waals surface area contributed by atoms with Crippen LogP contribution in [0.2, 0.25) is 0 Å². The summed E-state index contributed by atoms with van der Waals surface area (Å²) in [7, 11) is 0. The lowest BCUT2D eigenvalue weighted by molar-refractivity contribution is -0.130. The highest BCUT2D eigenvalue weighted by molar-refractivity contribution is 5.85. The molecule has 1 saturated heterocycles. The maximum absolute atomic E-state index is 12.4. The van der Waals surface area contributed by atoms with E-state index in [4.69, 9.17) is 5.73 Å². The predicted molar refractivity (Wildman–Crippen MR) is 113 cm³/mol. The molecule has 0 radical (unpaired) electrons. The Labute approximate surface area is 172 Å². The SMILES string of the molecule is Cc1ccc(C(N)C(=O)NC2CCN(C(=O)CCc3ccccc3)C2)cc1.Cl. The molecular weight excluding hydrogens is 374 g/mol. The lowest BCUT2D eigenvalue weighted by Crippen LogP contribution is -2.42. The largest absolute Gasteiger partial charge is 0.350 e. The Balaban J connectivity index is 0.00000280. The first-order valence-electron chi connectivity index (χ1n) is 9.47. The first-order chi connectivity index (χ1) is 13.0. The number of amides is 2. The highest BCUT2D eigenvalue weighted by Gasteiger charge is 2.28. The highest BCUT2D eigenvalue weighted by atomic mass is 35.5. The van der Waals surface area contributed by atoms with Gasteiger partial charge in [0.25, 0.3) is 0 Å². The van der Waals surface area contributed by atoms with Gasteiger partial charge in [0.15, 0.2) is 0 Å². The van der Waals surface area contributed by atoms with E-state index in [9.17, 15) is 9.59 Å². The van der Waals surface area contributed by atoms with Crippen LogP contribution < -0.4 is 11.1 Å². The molecule has 150 valence electrons. The van der Waals surface area contributed by atoms with Crippen molar-refractivity contribution in [3.63, 3.8) is 0 Å². The molecule has 2 atom stereocenters. The Hall–Kier alpha value is -2.37. The summed E-state index contributed by atoms with van der Waals surface area (Å²) in [4.78, 5) is 26.7. The molecule has 2 aromatic rings. The number of hydrogen-bond acceptors (Lipinski definition) is 3. The van der Waals surface area contributed by atoms with Crippen LogP contribution in [0.5, 0.6) is 0 Å². The molecule has 28 heavy (non-hydrogen) atoms. The van der Waals surface area contributed by atoms with Gasteiger partial charge in [-0.3, -0.25) is 9.59 Å². The molecule has 0 spiro atoms. The minimum atomic E-state index is -0.687. The second-order valence-corrected chi connectivity index (χ2v) is 7.21. The zero-order valence-electron chi connectivity index (χ0n) is 16.1. The van der Waals surface area contributed by atoms with E-state index in [0.29, 0.717) is 19.5 Å². The Kier molecular flexibility index (Phi) is 8.03. The number of likely N-dealkylation sites (tertiary alicyclic amines) is 1. The first kappa shape index (κ1) is 21.9. The summed E-state index contributed by atoms with van der Waals surface area (Å²) in [6, 6.07) is 17.0. The predicted octanol–water partition coefficient (Wildman–Crippen LogP) is 2.77. The molecular formula is C22H28ClN3O2.